The minimum Gasteiger partial charge on any atom is -0.369 e. The average molecular weight is 479 g/mol. The number of carbonyl (C=O) groups excluding carboxylic acids is 2. The number of hydrazone groups is 1. The Morgan fingerprint density at radius 1 is 0.970 bits per heavy atom. The molecule has 1 atom stereocenters. The molecular formula is C25H26N4O2S2. The number of ketones is 1. The van der Waals surface area contributed by atoms with E-state index in [1.807, 2.05) is 36.4 Å². The van der Waals surface area contributed by atoms with E-state index in [-0.39, 0.29) is 17.7 Å². The summed E-state index contributed by atoms with van der Waals surface area (Å²) in [6, 6.07) is 16.0. The van der Waals surface area contributed by atoms with Gasteiger partial charge in [0.25, 0.3) is 5.91 Å². The lowest BCUT2D eigenvalue weighted by Gasteiger charge is -2.36. The third-order valence-electron chi connectivity index (χ3n) is 6.21. The van der Waals surface area contributed by atoms with Crippen LogP contribution in [0.2, 0.25) is 0 Å². The summed E-state index contributed by atoms with van der Waals surface area (Å²) >= 11 is 3.35. The average Bonchev–Trinajstić information content (AvgIpc) is 3.61. The van der Waals surface area contributed by atoms with Crippen LogP contribution in [-0.2, 0) is 4.79 Å². The molecule has 3 aromatic rings. The number of thiophene rings is 2. The normalized spacial score (nSPS) is 19.1. The van der Waals surface area contributed by atoms with Gasteiger partial charge < -0.3 is 4.90 Å². The van der Waals surface area contributed by atoms with E-state index in [9.17, 15) is 9.59 Å². The van der Waals surface area contributed by atoms with Crippen molar-refractivity contribution in [2.24, 2.45) is 5.10 Å². The molecule has 33 heavy (non-hydrogen) atoms. The molecule has 1 aromatic carbocycles. The van der Waals surface area contributed by atoms with Gasteiger partial charge in [0.2, 0.25) is 0 Å². The summed E-state index contributed by atoms with van der Waals surface area (Å²) < 4.78 is 0. The maximum atomic E-state index is 13.3. The molecule has 2 aliphatic rings. The van der Waals surface area contributed by atoms with E-state index in [2.05, 4.69) is 32.7 Å². The van der Waals surface area contributed by atoms with Gasteiger partial charge in [-0.1, -0.05) is 12.1 Å². The van der Waals surface area contributed by atoms with E-state index >= 15 is 0 Å². The quantitative estimate of drug-likeness (QED) is 0.489. The summed E-state index contributed by atoms with van der Waals surface area (Å²) in [6.07, 6.45) is 0.761. The topological polar surface area (TPSA) is 56.2 Å². The number of hydrogen-bond donors (Lipinski definition) is 0. The second-order valence-corrected chi connectivity index (χ2v) is 10.3. The molecule has 0 bridgehead atoms. The number of carbonyl (C=O) groups is 2. The van der Waals surface area contributed by atoms with Crippen LogP contribution < -0.4 is 4.90 Å². The Morgan fingerprint density at radius 3 is 2.33 bits per heavy atom. The molecule has 170 valence electrons. The van der Waals surface area contributed by atoms with Crippen molar-refractivity contribution in [2.75, 3.05) is 37.6 Å². The molecular weight excluding hydrogens is 452 g/mol. The monoisotopic (exact) mass is 478 g/mol. The number of amides is 1. The van der Waals surface area contributed by atoms with Gasteiger partial charge in [-0.2, -0.15) is 5.10 Å². The van der Waals surface area contributed by atoms with Crippen LogP contribution in [0.1, 0.15) is 39.5 Å². The van der Waals surface area contributed by atoms with Gasteiger partial charge in [-0.25, -0.2) is 5.01 Å². The molecule has 2 aliphatic heterocycles. The summed E-state index contributed by atoms with van der Waals surface area (Å²) in [5.41, 5.74) is 2.85. The predicted molar refractivity (Wildman–Crippen MR) is 134 cm³/mol. The number of anilines is 1. The highest BCUT2D eigenvalue weighted by molar-refractivity contribution is 7.12. The van der Waals surface area contributed by atoms with Gasteiger partial charge in [0.1, 0.15) is 0 Å². The van der Waals surface area contributed by atoms with Gasteiger partial charge in [-0.3, -0.25) is 14.5 Å². The highest BCUT2D eigenvalue weighted by atomic mass is 32.1. The van der Waals surface area contributed by atoms with Gasteiger partial charge in [-0.05, 0) is 54.1 Å². The van der Waals surface area contributed by atoms with Gasteiger partial charge >= 0.3 is 0 Å². The maximum Gasteiger partial charge on any atom is 0.257 e. The van der Waals surface area contributed by atoms with Crippen LogP contribution in [0.5, 0.6) is 0 Å². The molecule has 0 N–H and O–H groups in total. The van der Waals surface area contributed by atoms with Crippen molar-refractivity contribution in [3.63, 3.8) is 0 Å². The number of piperazine rings is 1. The lowest BCUT2D eigenvalue weighted by molar-refractivity contribution is -0.134. The minimum absolute atomic E-state index is 0.0179. The van der Waals surface area contributed by atoms with Crippen LogP contribution >= 0.6 is 22.7 Å². The third-order valence-corrected chi connectivity index (χ3v) is 8.11. The van der Waals surface area contributed by atoms with Crippen LogP contribution in [-0.4, -0.2) is 60.0 Å². The summed E-state index contributed by atoms with van der Waals surface area (Å²) in [5.74, 6) is 0.136. The van der Waals surface area contributed by atoms with Gasteiger partial charge in [0.05, 0.1) is 23.2 Å². The fraction of sp³-hybridized carbons (Fsp3) is 0.320. The van der Waals surface area contributed by atoms with Crippen molar-refractivity contribution >= 4 is 45.8 Å². The van der Waals surface area contributed by atoms with Crippen LogP contribution in [0.4, 0.5) is 5.69 Å². The molecule has 1 fully saturated rings. The molecule has 1 saturated heterocycles. The molecule has 0 radical (unpaired) electrons. The van der Waals surface area contributed by atoms with Crippen molar-refractivity contribution in [1.82, 2.24) is 9.91 Å². The molecule has 0 saturated carbocycles. The Morgan fingerprint density at radius 2 is 1.70 bits per heavy atom. The van der Waals surface area contributed by atoms with Crippen molar-refractivity contribution in [3.8, 4) is 0 Å². The van der Waals surface area contributed by atoms with E-state index in [1.54, 1.807) is 34.6 Å². The molecule has 6 nitrogen and oxygen atoms in total. The Hall–Kier alpha value is -2.81. The zero-order chi connectivity index (χ0) is 22.8. The number of benzene rings is 1. The van der Waals surface area contributed by atoms with Crippen LogP contribution in [0.3, 0.4) is 0 Å². The standard InChI is InChI=1S/C25H26N4O2S2/c1-18(30)19-6-8-20(9-7-19)28-12-10-27(11-13-28)17-25(31)29-22(24-5-3-15-33-24)16-21(26-29)23-4-2-14-32-23/h2-9,14-15,22H,10-13,16-17H2,1H3. The zero-order valence-electron chi connectivity index (χ0n) is 18.5. The second-order valence-electron chi connectivity index (χ2n) is 8.36. The highest BCUT2D eigenvalue weighted by Crippen LogP contribution is 2.36. The summed E-state index contributed by atoms with van der Waals surface area (Å²) in [6.45, 7) is 5.30. The Bertz CT molecular complexity index is 1130. The first kappa shape index (κ1) is 22.0. The second kappa shape index (κ2) is 9.59. The largest absolute Gasteiger partial charge is 0.369 e. The van der Waals surface area contributed by atoms with Crippen molar-refractivity contribution in [1.29, 1.82) is 0 Å². The van der Waals surface area contributed by atoms with Crippen molar-refractivity contribution in [3.05, 3.63) is 74.6 Å². The minimum atomic E-state index is -0.0179. The lowest BCUT2D eigenvalue weighted by atomic mass is 10.1. The van der Waals surface area contributed by atoms with Crippen LogP contribution in [0.25, 0.3) is 0 Å². The predicted octanol–water partition coefficient (Wildman–Crippen LogP) is 4.51. The first-order valence-electron chi connectivity index (χ1n) is 11.1. The Balaban J connectivity index is 1.23. The number of rotatable bonds is 6. The van der Waals surface area contributed by atoms with Crippen molar-refractivity contribution < 1.29 is 9.59 Å². The van der Waals surface area contributed by atoms with Gasteiger partial charge in [-0.15, -0.1) is 22.7 Å². The maximum absolute atomic E-state index is 13.3. The summed E-state index contributed by atoms with van der Waals surface area (Å²) in [5, 5.41) is 10.6. The molecule has 2 aromatic heterocycles. The molecule has 0 spiro atoms. The first-order valence-corrected chi connectivity index (χ1v) is 12.9. The lowest BCUT2D eigenvalue weighted by Crippen LogP contribution is -2.49. The molecule has 0 aliphatic carbocycles. The van der Waals surface area contributed by atoms with Crippen molar-refractivity contribution in [2.45, 2.75) is 19.4 Å². The van der Waals surface area contributed by atoms with E-state index in [0.29, 0.717) is 6.54 Å². The Labute approximate surface area is 201 Å². The van der Waals surface area contributed by atoms with Gasteiger partial charge in [0, 0.05) is 48.7 Å². The van der Waals surface area contributed by atoms with E-state index < -0.39 is 0 Å². The molecule has 1 unspecified atom stereocenters. The number of nitrogens with zero attached hydrogens (tertiary/aromatic N) is 4. The molecule has 8 heteroatoms. The number of hydrogen-bond acceptors (Lipinski definition) is 7. The van der Waals surface area contributed by atoms with E-state index in [4.69, 9.17) is 5.10 Å². The van der Waals surface area contributed by atoms with Crippen LogP contribution in [0.15, 0.2) is 64.4 Å². The smallest absolute Gasteiger partial charge is 0.257 e. The first-order chi connectivity index (χ1) is 16.1. The molecule has 4 heterocycles. The van der Waals surface area contributed by atoms with Crippen LogP contribution in [0, 0.1) is 0 Å². The fourth-order valence-corrected chi connectivity index (χ4v) is 5.90. The fourth-order valence-electron chi connectivity index (χ4n) is 4.37. The highest BCUT2D eigenvalue weighted by Gasteiger charge is 2.35. The summed E-state index contributed by atoms with van der Waals surface area (Å²) in [7, 11) is 0. The zero-order valence-corrected chi connectivity index (χ0v) is 20.1. The van der Waals surface area contributed by atoms with Gasteiger partial charge in [0.15, 0.2) is 5.78 Å². The number of Topliss-reactive ketones (excluding diaryl/α,β-unsaturated/α-hetero) is 1. The van der Waals surface area contributed by atoms with E-state index in [1.165, 1.54) is 4.88 Å². The third kappa shape index (κ3) is 4.78. The molecule has 1 amide bonds. The Kier molecular flexibility index (Phi) is 6.39. The van der Waals surface area contributed by atoms with E-state index in [0.717, 1.165) is 54.4 Å². The summed E-state index contributed by atoms with van der Waals surface area (Å²) in [4.78, 5) is 31.7. The molecule has 5 rings (SSSR count). The SMILES string of the molecule is CC(=O)c1ccc(N2CCN(CC(=O)N3N=C(c4cccs4)CC3c3cccs3)CC2)cc1.